The smallest absolute Gasteiger partial charge is 0.251 e. The largest absolute Gasteiger partial charge is 0.379 e. The molecule has 1 fully saturated rings. The minimum Gasteiger partial charge on any atom is -0.379 e. The molecule has 128 valence electrons. The van der Waals surface area contributed by atoms with Gasteiger partial charge in [0.05, 0.1) is 17.5 Å². The molecule has 3 N–H and O–H groups in total. The van der Waals surface area contributed by atoms with E-state index in [1.54, 1.807) is 13.0 Å². The Morgan fingerprint density at radius 1 is 1.48 bits per heavy atom. The van der Waals surface area contributed by atoms with Gasteiger partial charge in [0.2, 0.25) is 10.0 Å². The first-order valence-corrected chi connectivity index (χ1v) is 9.01. The van der Waals surface area contributed by atoms with Gasteiger partial charge in [-0.25, -0.2) is 13.6 Å². The van der Waals surface area contributed by atoms with Crippen LogP contribution in [0.1, 0.15) is 29.3 Å². The monoisotopic (exact) mass is 342 g/mol. The maximum absolute atomic E-state index is 12.5. The Labute approximate surface area is 136 Å². The molecule has 1 heterocycles. The summed E-state index contributed by atoms with van der Waals surface area (Å²) in [6.45, 7) is 5.12. The second kappa shape index (κ2) is 7.39. The fraction of sp³-hybridized carbons (Fsp3) is 0.533. The van der Waals surface area contributed by atoms with Crippen LogP contribution in [0.4, 0.5) is 0 Å². The Hall–Kier alpha value is -1.48. The SMILES string of the molecule is CCO[C@@H]1COCC[C@H]1NC(=O)c1cc(S(N)(=O)=O)ccc1C. The van der Waals surface area contributed by atoms with E-state index < -0.39 is 10.0 Å². The second-order valence-electron chi connectivity index (χ2n) is 5.46. The maximum atomic E-state index is 12.5. The molecule has 23 heavy (non-hydrogen) atoms. The Morgan fingerprint density at radius 2 is 2.22 bits per heavy atom. The number of hydrogen-bond acceptors (Lipinski definition) is 5. The van der Waals surface area contributed by atoms with Gasteiger partial charge in [-0.15, -0.1) is 0 Å². The zero-order valence-corrected chi connectivity index (χ0v) is 14.1. The molecule has 2 rings (SSSR count). The number of ether oxygens (including phenoxy) is 2. The van der Waals surface area contributed by atoms with Crippen LogP contribution in [0.3, 0.4) is 0 Å². The summed E-state index contributed by atoms with van der Waals surface area (Å²) in [6.07, 6.45) is 0.434. The number of aryl methyl sites for hydroxylation is 1. The summed E-state index contributed by atoms with van der Waals surface area (Å²) in [5.74, 6) is -0.343. The Kier molecular flexibility index (Phi) is 5.74. The molecule has 7 nitrogen and oxygen atoms in total. The number of nitrogens with one attached hydrogen (secondary N) is 1. The van der Waals surface area contributed by atoms with Crippen LogP contribution in [-0.4, -0.2) is 46.3 Å². The van der Waals surface area contributed by atoms with Crippen LogP contribution in [0.2, 0.25) is 0 Å². The van der Waals surface area contributed by atoms with Crippen LogP contribution in [0.25, 0.3) is 0 Å². The molecule has 0 bridgehead atoms. The van der Waals surface area contributed by atoms with E-state index >= 15 is 0 Å². The van der Waals surface area contributed by atoms with Gasteiger partial charge in [0, 0.05) is 18.8 Å². The number of rotatable bonds is 5. The second-order valence-corrected chi connectivity index (χ2v) is 7.02. The third-order valence-corrected chi connectivity index (χ3v) is 4.69. The van der Waals surface area contributed by atoms with Gasteiger partial charge >= 0.3 is 0 Å². The van der Waals surface area contributed by atoms with E-state index in [9.17, 15) is 13.2 Å². The molecule has 1 saturated heterocycles. The van der Waals surface area contributed by atoms with E-state index in [2.05, 4.69) is 5.32 Å². The number of carbonyl (C=O) groups is 1. The van der Waals surface area contributed by atoms with Crippen LogP contribution in [0, 0.1) is 6.92 Å². The molecule has 0 aromatic heterocycles. The Bertz CT molecular complexity index is 672. The molecule has 0 radical (unpaired) electrons. The van der Waals surface area contributed by atoms with Gasteiger partial charge in [0.25, 0.3) is 5.91 Å². The number of benzene rings is 1. The van der Waals surface area contributed by atoms with Crippen LogP contribution in [0.5, 0.6) is 0 Å². The molecule has 1 aliphatic rings. The average molecular weight is 342 g/mol. The molecule has 0 saturated carbocycles. The van der Waals surface area contributed by atoms with Crippen LogP contribution < -0.4 is 10.5 Å². The minimum atomic E-state index is -3.85. The quantitative estimate of drug-likeness (QED) is 0.813. The molecule has 1 aromatic rings. The lowest BCUT2D eigenvalue weighted by Gasteiger charge is -2.32. The molecule has 0 aliphatic carbocycles. The predicted octanol–water partition coefficient (Wildman–Crippen LogP) is 0.566. The third-order valence-electron chi connectivity index (χ3n) is 3.78. The summed E-state index contributed by atoms with van der Waals surface area (Å²) < 4.78 is 33.9. The van der Waals surface area contributed by atoms with Gasteiger partial charge in [-0.3, -0.25) is 4.79 Å². The summed E-state index contributed by atoms with van der Waals surface area (Å²) in [5.41, 5.74) is 0.966. The van der Waals surface area contributed by atoms with Crippen molar-refractivity contribution in [2.24, 2.45) is 5.14 Å². The zero-order chi connectivity index (χ0) is 17.0. The van der Waals surface area contributed by atoms with Crippen molar-refractivity contribution in [1.29, 1.82) is 0 Å². The molecule has 0 spiro atoms. The molecule has 1 aromatic carbocycles. The Morgan fingerprint density at radius 3 is 2.87 bits per heavy atom. The van der Waals surface area contributed by atoms with Crippen LogP contribution in [0.15, 0.2) is 23.1 Å². The lowest BCUT2D eigenvalue weighted by atomic mass is 10.0. The number of amides is 1. The lowest BCUT2D eigenvalue weighted by Crippen LogP contribution is -2.50. The molecule has 1 amide bonds. The zero-order valence-electron chi connectivity index (χ0n) is 13.2. The van der Waals surface area contributed by atoms with Crippen molar-refractivity contribution >= 4 is 15.9 Å². The van der Waals surface area contributed by atoms with Crippen molar-refractivity contribution in [1.82, 2.24) is 5.32 Å². The van der Waals surface area contributed by atoms with Crippen molar-refractivity contribution in [3.63, 3.8) is 0 Å². The highest BCUT2D eigenvalue weighted by molar-refractivity contribution is 7.89. The molecule has 1 aliphatic heterocycles. The summed E-state index contributed by atoms with van der Waals surface area (Å²) in [5, 5.41) is 8.04. The fourth-order valence-corrected chi connectivity index (χ4v) is 3.06. The van der Waals surface area contributed by atoms with E-state index in [1.807, 2.05) is 6.92 Å². The highest BCUT2D eigenvalue weighted by Gasteiger charge is 2.28. The summed E-state index contributed by atoms with van der Waals surface area (Å²) >= 11 is 0. The van der Waals surface area contributed by atoms with E-state index in [0.717, 1.165) is 0 Å². The highest BCUT2D eigenvalue weighted by atomic mass is 32.2. The average Bonchev–Trinajstić information content (AvgIpc) is 2.48. The normalized spacial score (nSPS) is 21.9. The lowest BCUT2D eigenvalue weighted by molar-refractivity contribution is -0.0632. The molecule has 2 atom stereocenters. The van der Waals surface area contributed by atoms with Gasteiger partial charge in [-0.05, 0) is 38.0 Å². The summed E-state index contributed by atoms with van der Waals surface area (Å²) in [6, 6.07) is 4.08. The summed E-state index contributed by atoms with van der Waals surface area (Å²) in [4.78, 5) is 12.4. The van der Waals surface area contributed by atoms with Crippen molar-refractivity contribution < 1.29 is 22.7 Å². The van der Waals surface area contributed by atoms with Crippen molar-refractivity contribution in [3.05, 3.63) is 29.3 Å². The van der Waals surface area contributed by atoms with Crippen molar-refractivity contribution in [3.8, 4) is 0 Å². The molecular weight excluding hydrogens is 320 g/mol. The summed E-state index contributed by atoms with van der Waals surface area (Å²) in [7, 11) is -3.85. The molecular formula is C15H22N2O5S. The first-order valence-electron chi connectivity index (χ1n) is 7.46. The van der Waals surface area contributed by atoms with Gasteiger partial charge in [-0.2, -0.15) is 0 Å². The van der Waals surface area contributed by atoms with Gasteiger partial charge in [-0.1, -0.05) is 6.07 Å². The Balaban J connectivity index is 2.19. The first kappa shape index (κ1) is 17.9. The number of sulfonamides is 1. The van der Waals surface area contributed by atoms with Crippen LogP contribution >= 0.6 is 0 Å². The van der Waals surface area contributed by atoms with E-state index in [-0.39, 0.29) is 22.9 Å². The van der Waals surface area contributed by atoms with Gasteiger partial charge in [0.15, 0.2) is 0 Å². The van der Waals surface area contributed by atoms with Crippen molar-refractivity contribution in [2.75, 3.05) is 19.8 Å². The number of primary sulfonamides is 1. The van der Waals surface area contributed by atoms with E-state index in [4.69, 9.17) is 14.6 Å². The van der Waals surface area contributed by atoms with E-state index in [1.165, 1.54) is 12.1 Å². The third kappa shape index (κ3) is 4.51. The topological polar surface area (TPSA) is 108 Å². The van der Waals surface area contributed by atoms with Gasteiger partial charge in [0.1, 0.15) is 6.10 Å². The highest BCUT2D eigenvalue weighted by Crippen LogP contribution is 2.17. The molecule has 0 unspecified atom stereocenters. The van der Waals surface area contributed by atoms with Crippen molar-refractivity contribution in [2.45, 2.75) is 37.3 Å². The van der Waals surface area contributed by atoms with E-state index in [0.29, 0.717) is 37.4 Å². The van der Waals surface area contributed by atoms with Gasteiger partial charge < -0.3 is 14.8 Å². The first-order chi connectivity index (χ1) is 10.8. The standard InChI is InChI=1S/C15H22N2O5S/c1-3-22-14-9-21-7-6-13(14)17-15(18)12-8-11(23(16,19)20)5-4-10(12)2/h4-5,8,13-14H,3,6-7,9H2,1-2H3,(H,17,18)(H2,16,19,20)/t13-,14-/m1/s1. The number of hydrogen-bond donors (Lipinski definition) is 2. The number of nitrogens with two attached hydrogens (primary N) is 1. The molecule has 8 heteroatoms. The predicted molar refractivity (Wildman–Crippen MR) is 84.7 cm³/mol. The minimum absolute atomic E-state index is 0.0819. The number of carbonyl (C=O) groups excluding carboxylic acids is 1. The fourth-order valence-electron chi connectivity index (χ4n) is 2.52. The van der Waals surface area contributed by atoms with Crippen LogP contribution in [-0.2, 0) is 19.5 Å². The maximum Gasteiger partial charge on any atom is 0.251 e.